The maximum Gasteiger partial charge on any atom is 0.170 e. The molecular formula is C18H27NO3. The smallest absolute Gasteiger partial charge is 0.170 e. The van der Waals surface area contributed by atoms with Gasteiger partial charge in [-0.25, -0.2) is 0 Å². The second-order valence-electron chi connectivity index (χ2n) is 6.32. The zero-order valence-corrected chi connectivity index (χ0v) is 13.8. The molecule has 0 saturated heterocycles. The summed E-state index contributed by atoms with van der Waals surface area (Å²) < 4.78 is 5.90. The van der Waals surface area contributed by atoms with E-state index in [9.17, 15) is 9.90 Å². The number of ether oxygens (including phenoxy) is 1. The van der Waals surface area contributed by atoms with Gasteiger partial charge >= 0.3 is 0 Å². The molecule has 0 radical (unpaired) electrons. The Hall–Kier alpha value is -1.71. The number of ketones is 1. The third-order valence-corrected chi connectivity index (χ3v) is 4.06. The summed E-state index contributed by atoms with van der Waals surface area (Å²) in [5.74, 6) is 0.613. The molecule has 0 aromatic heterocycles. The highest BCUT2D eigenvalue weighted by molar-refractivity contribution is 6.06. The highest BCUT2D eigenvalue weighted by Gasteiger charge is 2.26. The molecule has 4 nitrogen and oxygen atoms in total. The fraction of sp³-hybridized carbons (Fsp3) is 0.611. The summed E-state index contributed by atoms with van der Waals surface area (Å²) >= 11 is 0. The predicted octanol–water partition coefficient (Wildman–Crippen LogP) is 4.52. The molecular weight excluding hydrogens is 278 g/mol. The first-order chi connectivity index (χ1) is 10.5. The molecule has 0 saturated carbocycles. The predicted molar refractivity (Wildman–Crippen MR) is 89.0 cm³/mol. The summed E-state index contributed by atoms with van der Waals surface area (Å²) in [5, 5.41) is 13.4. The molecule has 0 amide bonds. The molecule has 1 aliphatic rings. The average Bonchev–Trinajstić information content (AvgIpc) is 2.42. The van der Waals surface area contributed by atoms with Crippen molar-refractivity contribution in [2.75, 3.05) is 5.32 Å². The van der Waals surface area contributed by atoms with Crippen LogP contribution >= 0.6 is 0 Å². The lowest BCUT2D eigenvalue weighted by molar-refractivity contribution is 0.0972. The molecule has 122 valence electrons. The molecule has 1 heterocycles. The number of hydrogen-bond donors (Lipinski definition) is 2. The number of phenolic OH excluding ortho intramolecular Hbond substituents is 1. The van der Waals surface area contributed by atoms with E-state index in [0.29, 0.717) is 23.4 Å². The molecule has 0 aliphatic carbocycles. The summed E-state index contributed by atoms with van der Waals surface area (Å²) in [4.78, 5) is 12.0. The minimum atomic E-state index is -0.0158. The summed E-state index contributed by atoms with van der Waals surface area (Å²) in [6, 6.07) is 3.46. The van der Waals surface area contributed by atoms with Crippen molar-refractivity contribution < 1.29 is 14.6 Å². The van der Waals surface area contributed by atoms with Gasteiger partial charge in [0.15, 0.2) is 5.78 Å². The third kappa shape index (κ3) is 4.15. The summed E-state index contributed by atoms with van der Waals surface area (Å²) in [6.07, 6.45) is 6.38. The van der Waals surface area contributed by atoms with E-state index in [1.165, 1.54) is 19.3 Å². The van der Waals surface area contributed by atoms with Crippen LogP contribution in [0.1, 0.15) is 69.7 Å². The van der Waals surface area contributed by atoms with Crippen LogP contribution in [0.15, 0.2) is 12.1 Å². The lowest BCUT2D eigenvalue weighted by Crippen LogP contribution is -2.26. The monoisotopic (exact) mass is 305 g/mol. The lowest BCUT2D eigenvalue weighted by atomic mass is 9.96. The molecule has 4 heteroatoms. The summed E-state index contributed by atoms with van der Waals surface area (Å²) in [7, 11) is 0. The zero-order valence-electron chi connectivity index (χ0n) is 13.8. The standard InChI is InChI=1S/C18H27NO3/c1-4-5-6-7-8-13(3)22-14-10-15-18(17(21)11-14)16(20)9-12(2)19-15/h10-13,19,21H,4-9H2,1-3H3/t12?,13-/m1/s1. The number of rotatable bonds is 7. The molecule has 2 N–H and O–H groups in total. The van der Waals surface area contributed by atoms with E-state index in [-0.39, 0.29) is 23.7 Å². The topological polar surface area (TPSA) is 58.6 Å². The van der Waals surface area contributed by atoms with Crippen molar-refractivity contribution >= 4 is 11.5 Å². The van der Waals surface area contributed by atoms with Crippen LogP contribution in [-0.4, -0.2) is 23.0 Å². The van der Waals surface area contributed by atoms with E-state index in [1.807, 2.05) is 19.9 Å². The van der Waals surface area contributed by atoms with Crippen LogP contribution in [0.2, 0.25) is 0 Å². The molecule has 0 bridgehead atoms. The highest BCUT2D eigenvalue weighted by atomic mass is 16.5. The number of carbonyl (C=O) groups excluding carboxylic acids is 1. The average molecular weight is 305 g/mol. The van der Waals surface area contributed by atoms with Crippen LogP contribution in [0.25, 0.3) is 0 Å². The van der Waals surface area contributed by atoms with Crippen molar-refractivity contribution in [3.8, 4) is 11.5 Å². The van der Waals surface area contributed by atoms with Crippen molar-refractivity contribution in [1.29, 1.82) is 0 Å². The Labute approximate surface area is 132 Å². The Morgan fingerprint density at radius 1 is 1.36 bits per heavy atom. The number of aromatic hydroxyl groups is 1. The Bertz CT molecular complexity index is 527. The van der Waals surface area contributed by atoms with Gasteiger partial charge in [0, 0.05) is 24.6 Å². The van der Waals surface area contributed by atoms with Crippen LogP contribution in [0.3, 0.4) is 0 Å². The Kier molecular flexibility index (Phi) is 5.69. The number of anilines is 1. The van der Waals surface area contributed by atoms with Crippen molar-refractivity contribution in [3.05, 3.63) is 17.7 Å². The van der Waals surface area contributed by atoms with Gasteiger partial charge in [-0.05, 0) is 26.7 Å². The molecule has 1 aromatic carbocycles. The number of carbonyl (C=O) groups is 1. The maximum atomic E-state index is 12.0. The number of Topliss-reactive ketones (excluding diaryl/α,β-unsaturated/α-hetero) is 1. The normalized spacial score (nSPS) is 18.5. The van der Waals surface area contributed by atoms with Crippen molar-refractivity contribution in [1.82, 2.24) is 0 Å². The number of phenols is 1. The second kappa shape index (κ2) is 7.52. The Morgan fingerprint density at radius 3 is 2.86 bits per heavy atom. The van der Waals surface area contributed by atoms with E-state index in [2.05, 4.69) is 12.2 Å². The van der Waals surface area contributed by atoms with Gasteiger partial charge in [-0.1, -0.05) is 26.2 Å². The number of nitrogens with one attached hydrogen (secondary N) is 1. The fourth-order valence-corrected chi connectivity index (χ4v) is 2.92. The minimum Gasteiger partial charge on any atom is -0.507 e. The van der Waals surface area contributed by atoms with Gasteiger partial charge in [0.05, 0.1) is 17.4 Å². The summed E-state index contributed by atoms with van der Waals surface area (Å²) in [5.41, 5.74) is 1.07. The quantitative estimate of drug-likeness (QED) is 0.727. The Balaban J connectivity index is 2.02. The number of hydrogen-bond acceptors (Lipinski definition) is 4. The van der Waals surface area contributed by atoms with Gasteiger partial charge in [0.25, 0.3) is 0 Å². The first-order valence-electron chi connectivity index (χ1n) is 8.34. The van der Waals surface area contributed by atoms with E-state index in [1.54, 1.807) is 6.07 Å². The molecule has 22 heavy (non-hydrogen) atoms. The van der Waals surface area contributed by atoms with Crippen LogP contribution in [-0.2, 0) is 0 Å². The maximum absolute atomic E-state index is 12.0. The summed E-state index contributed by atoms with van der Waals surface area (Å²) in [6.45, 7) is 6.20. The number of fused-ring (bicyclic) bond motifs is 1. The molecule has 1 aromatic rings. The van der Waals surface area contributed by atoms with Gasteiger partial charge in [0.2, 0.25) is 0 Å². The van der Waals surface area contributed by atoms with Gasteiger partial charge in [0.1, 0.15) is 11.5 Å². The molecule has 2 rings (SSSR count). The van der Waals surface area contributed by atoms with Crippen molar-refractivity contribution in [3.63, 3.8) is 0 Å². The fourth-order valence-electron chi connectivity index (χ4n) is 2.92. The zero-order chi connectivity index (χ0) is 16.1. The van der Waals surface area contributed by atoms with Crippen molar-refractivity contribution in [2.45, 2.75) is 71.4 Å². The molecule has 1 unspecified atom stereocenters. The molecule has 0 fully saturated rings. The SMILES string of the molecule is CCCCCC[C@@H](C)Oc1cc(O)c2c(c1)NC(C)CC2=O. The van der Waals surface area contributed by atoms with E-state index in [0.717, 1.165) is 12.8 Å². The van der Waals surface area contributed by atoms with Gasteiger partial charge in [-0.2, -0.15) is 0 Å². The molecule has 1 aliphatic heterocycles. The van der Waals surface area contributed by atoms with E-state index in [4.69, 9.17) is 4.74 Å². The largest absolute Gasteiger partial charge is 0.507 e. The first-order valence-corrected chi connectivity index (χ1v) is 8.34. The van der Waals surface area contributed by atoms with Gasteiger partial charge in [-0.3, -0.25) is 4.79 Å². The molecule has 2 atom stereocenters. The number of unbranched alkanes of at least 4 members (excludes halogenated alkanes) is 3. The third-order valence-electron chi connectivity index (χ3n) is 4.06. The van der Waals surface area contributed by atoms with E-state index < -0.39 is 0 Å². The van der Waals surface area contributed by atoms with Crippen LogP contribution < -0.4 is 10.1 Å². The van der Waals surface area contributed by atoms with Crippen molar-refractivity contribution in [2.24, 2.45) is 0 Å². The number of benzene rings is 1. The van der Waals surface area contributed by atoms with Gasteiger partial charge < -0.3 is 15.2 Å². The van der Waals surface area contributed by atoms with E-state index >= 15 is 0 Å². The lowest BCUT2D eigenvalue weighted by Gasteiger charge is -2.25. The highest BCUT2D eigenvalue weighted by Crippen LogP contribution is 2.36. The van der Waals surface area contributed by atoms with Crippen LogP contribution in [0.4, 0.5) is 5.69 Å². The Morgan fingerprint density at radius 2 is 2.14 bits per heavy atom. The second-order valence-corrected chi connectivity index (χ2v) is 6.32. The van der Waals surface area contributed by atoms with Crippen LogP contribution in [0, 0.1) is 0 Å². The minimum absolute atomic E-state index is 0.00934. The molecule has 0 spiro atoms. The first kappa shape index (κ1) is 16.7. The van der Waals surface area contributed by atoms with Gasteiger partial charge in [-0.15, -0.1) is 0 Å². The van der Waals surface area contributed by atoms with Crippen LogP contribution in [0.5, 0.6) is 11.5 Å².